The van der Waals surface area contributed by atoms with E-state index in [1.54, 1.807) is 0 Å². The van der Waals surface area contributed by atoms with Crippen LogP contribution in [-0.2, 0) is 0 Å². The summed E-state index contributed by atoms with van der Waals surface area (Å²) in [4.78, 5) is 0. The minimum Gasteiger partial charge on any atom is -0.307 e. The molecule has 156 valence electrons. The van der Waals surface area contributed by atoms with E-state index in [-0.39, 0.29) is 0 Å². The monoisotopic (exact) mass is 442 g/mol. The van der Waals surface area contributed by atoms with Crippen molar-refractivity contribution in [1.82, 2.24) is 9.13 Å². The average molecular weight is 443 g/mol. The molecular formula is C30H19ClN2. The molecule has 0 atom stereocenters. The maximum Gasteiger partial charge on any atom is 0.0782 e. The largest absolute Gasteiger partial charge is 0.307 e. The van der Waals surface area contributed by atoms with E-state index in [1.165, 1.54) is 21.8 Å². The fourth-order valence-corrected chi connectivity index (χ4v) is 5.53. The Kier molecular flexibility index (Phi) is 3.93. The maximum atomic E-state index is 6.73. The summed E-state index contributed by atoms with van der Waals surface area (Å²) in [6.45, 7) is 0. The Morgan fingerprint density at radius 3 is 1.88 bits per heavy atom. The van der Waals surface area contributed by atoms with Crippen molar-refractivity contribution < 1.29 is 0 Å². The molecule has 0 aliphatic heterocycles. The molecule has 0 saturated carbocycles. The lowest BCUT2D eigenvalue weighted by atomic mass is 10.1. The van der Waals surface area contributed by atoms with E-state index in [2.05, 4.69) is 112 Å². The highest BCUT2D eigenvalue weighted by Crippen LogP contribution is 2.40. The van der Waals surface area contributed by atoms with E-state index in [1.807, 2.05) is 12.1 Å². The van der Waals surface area contributed by atoms with Gasteiger partial charge in [0.05, 0.1) is 32.8 Å². The molecule has 0 aliphatic carbocycles. The summed E-state index contributed by atoms with van der Waals surface area (Å²) in [5.74, 6) is 0. The van der Waals surface area contributed by atoms with Crippen LogP contribution in [0.15, 0.2) is 115 Å². The molecule has 7 rings (SSSR count). The van der Waals surface area contributed by atoms with Crippen molar-refractivity contribution in [2.75, 3.05) is 0 Å². The highest BCUT2D eigenvalue weighted by molar-refractivity contribution is 6.38. The first-order valence-electron chi connectivity index (χ1n) is 11.1. The maximum absolute atomic E-state index is 6.73. The second kappa shape index (κ2) is 6.99. The summed E-state index contributed by atoms with van der Waals surface area (Å²) in [6, 6.07) is 40.5. The van der Waals surface area contributed by atoms with Crippen molar-refractivity contribution >= 4 is 55.2 Å². The van der Waals surface area contributed by atoms with Crippen molar-refractivity contribution in [3.8, 4) is 11.4 Å². The highest BCUT2D eigenvalue weighted by atomic mass is 35.5. The van der Waals surface area contributed by atoms with Crippen LogP contribution in [0.5, 0.6) is 0 Å². The van der Waals surface area contributed by atoms with E-state index in [9.17, 15) is 0 Å². The van der Waals surface area contributed by atoms with Crippen LogP contribution in [0.25, 0.3) is 55.0 Å². The molecule has 0 unspecified atom stereocenters. The fourth-order valence-electron chi connectivity index (χ4n) is 5.26. The minimum atomic E-state index is 0.776. The molecule has 3 heteroatoms. The molecule has 0 saturated heterocycles. The van der Waals surface area contributed by atoms with Gasteiger partial charge in [-0.1, -0.05) is 84.4 Å². The standard InChI is InChI=1S/C30H19ClN2/c31-24-15-9-18-27-29(24)23-13-5-7-17-26(23)33(27)28-19-8-14-22-21-12-4-6-16-25(21)32(30(22)28)20-10-2-1-3-11-20/h1-19H. The number of fused-ring (bicyclic) bond motifs is 6. The van der Waals surface area contributed by atoms with Crippen LogP contribution in [0.2, 0.25) is 5.02 Å². The Balaban J connectivity index is 1.73. The van der Waals surface area contributed by atoms with Crippen molar-refractivity contribution in [3.63, 3.8) is 0 Å². The van der Waals surface area contributed by atoms with Crippen LogP contribution in [-0.4, -0.2) is 9.13 Å². The molecule has 7 aromatic rings. The van der Waals surface area contributed by atoms with Gasteiger partial charge in [-0.25, -0.2) is 0 Å². The Bertz CT molecular complexity index is 1820. The van der Waals surface area contributed by atoms with Crippen molar-refractivity contribution in [2.24, 2.45) is 0 Å². The molecule has 0 fully saturated rings. The minimum absolute atomic E-state index is 0.776. The second-order valence-corrected chi connectivity index (χ2v) is 8.76. The zero-order valence-corrected chi connectivity index (χ0v) is 18.5. The van der Waals surface area contributed by atoms with Crippen LogP contribution >= 0.6 is 11.6 Å². The van der Waals surface area contributed by atoms with Crippen LogP contribution in [0.1, 0.15) is 0 Å². The highest BCUT2D eigenvalue weighted by Gasteiger charge is 2.20. The Labute approximate surface area is 195 Å². The predicted octanol–water partition coefficient (Wildman–Crippen LogP) is 8.53. The van der Waals surface area contributed by atoms with Crippen LogP contribution in [0, 0.1) is 0 Å². The van der Waals surface area contributed by atoms with E-state index in [0.717, 1.165) is 38.2 Å². The average Bonchev–Trinajstić information content (AvgIpc) is 3.38. The molecule has 0 amide bonds. The SMILES string of the molecule is Clc1cccc2c1c1ccccc1n2-c1cccc2c3ccccc3n(-c3ccccc3)c12. The zero-order valence-electron chi connectivity index (χ0n) is 17.7. The molecule has 0 aliphatic rings. The first-order chi connectivity index (χ1) is 16.3. The van der Waals surface area contributed by atoms with Crippen molar-refractivity contribution in [1.29, 1.82) is 0 Å². The number of hydrogen-bond acceptors (Lipinski definition) is 0. The normalized spacial score (nSPS) is 11.8. The lowest BCUT2D eigenvalue weighted by Gasteiger charge is -2.14. The molecule has 5 aromatic carbocycles. The molecule has 33 heavy (non-hydrogen) atoms. The van der Waals surface area contributed by atoms with Crippen molar-refractivity contribution in [2.45, 2.75) is 0 Å². The summed E-state index contributed by atoms with van der Waals surface area (Å²) in [5, 5.41) is 5.52. The number of aromatic nitrogens is 2. The van der Waals surface area contributed by atoms with Gasteiger partial charge in [-0.05, 0) is 42.5 Å². The molecule has 2 aromatic heterocycles. The summed E-state index contributed by atoms with van der Waals surface area (Å²) < 4.78 is 4.74. The first-order valence-corrected chi connectivity index (χ1v) is 11.5. The number of benzene rings is 5. The molecule has 2 heterocycles. The van der Waals surface area contributed by atoms with E-state index < -0.39 is 0 Å². The van der Waals surface area contributed by atoms with Gasteiger partial charge < -0.3 is 9.13 Å². The Morgan fingerprint density at radius 1 is 0.455 bits per heavy atom. The summed E-state index contributed by atoms with van der Waals surface area (Å²) in [6.07, 6.45) is 0. The third-order valence-corrected chi connectivity index (χ3v) is 6.89. The van der Waals surface area contributed by atoms with Crippen molar-refractivity contribution in [3.05, 3.63) is 120 Å². The van der Waals surface area contributed by atoms with Gasteiger partial charge in [0.1, 0.15) is 0 Å². The van der Waals surface area contributed by atoms with Gasteiger partial charge in [0, 0.05) is 27.2 Å². The van der Waals surface area contributed by atoms with Gasteiger partial charge in [-0.2, -0.15) is 0 Å². The van der Waals surface area contributed by atoms with Gasteiger partial charge in [0.15, 0.2) is 0 Å². The summed E-state index contributed by atoms with van der Waals surface area (Å²) in [5.41, 5.74) is 6.94. The fraction of sp³-hybridized carbons (Fsp3) is 0. The third-order valence-electron chi connectivity index (χ3n) is 6.58. The molecule has 0 bridgehead atoms. The lowest BCUT2D eigenvalue weighted by Crippen LogP contribution is -2.00. The number of rotatable bonds is 2. The van der Waals surface area contributed by atoms with E-state index in [0.29, 0.717) is 0 Å². The lowest BCUT2D eigenvalue weighted by molar-refractivity contribution is 1.13. The van der Waals surface area contributed by atoms with E-state index >= 15 is 0 Å². The Hall–Kier alpha value is -4.01. The van der Waals surface area contributed by atoms with Gasteiger partial charge in [0.2, 0.25) is 0 Å². The summed E-state index contributed by atoms with van der Waals surface area (Å²) >= 11 is 6.73. The Morgan fingerprint density at radius 2 is 1.06 bits per heavy atom. The topological polar surface area (TPSA) is 9.86 Å². The zero-order chi connectivity index (χ0) is 21.9. The first kappa shape index (κ1) is 18.6. The van der Waals surface area contributed by atoms with Crippen LogP contribution in [0.3, 0.4) is 0 Å². The number of nitrogens with zero attached hydrogens (tertiary/aromatic N) is 2. The number of hydrogen-bond donors (Lipinski definition) is 0. The van der Waals surface area contributed by atoms with E-state index in [4.69, 9.17) is 11.6 Å². The second-order valence-electron chi connectivity index (χ2n) is 8.35. The quantitative estimate of drug-likeness (QED) is 0.254. The van der Waals surface area contributed by atoms with Gasteiger partial charge >= 0.3 is 0 Å². The van der Waals surface area contributed by atoms with Crippen LogP contribution < -0.4 is 0 Å². The summed E-state index contributed by atoms with van der Waals surface area (Å²) in [7, 11) is 0. The molecule has 0 spiro atoms. The molecule has 2 nitrogen and oxygen atoms in total. The smallest absolute Gasteiger partial charge is 0.0782 e. The predicted molar refractivity (Wildman–Crippen MR) is 140 cm³/mol. The van der Waals surface area contributed by atoms with Gasteiger partial charge in [-0.3, -0.25) is 0 Å². The third kappa shape index (κ3) is 2.56. The van der Waals surface area contributed by atoms with Gasteiger partial charge in [0.25, 0.3) is 0 Å². The van der Waals surface area contributed by atoms with Gasteiger partial charge in [-0.15, -0.1) is 0 Å². The molecule has 0 radical (unpaired) electrons. The molecule has 0 N–H and O–H groups in total. The molecular weight excluding hydrogens is 424 g/mol. The number of para-hydroxylation sites is 4. The van der Waals surface area contributed by atoms with Crippen LogP contribution in [0.4, 0.5) is 0 Å². The number of halogens is 1.